The SMILES string of the molecule is CC(C)(C)c1ccc(-n2nc(C(=O)O)c3c2C2CCC3C2)cc1. The zero-order chi connectivity index (χ0) is 16.4. The van der Waals surface area contributed by atoms with Crippen molar-refractivity contribution in [1.29, 1.82) is 0 Å². The van der Waals surface area contributed by atoms with Crippen molar-refractivity contribution < 1.29 is 9.90 Å². The highest BCUT2D eigenvalue weighted by Gasteiger charge is 2.44. The maximum atomic E-state index is 11.6. The Morgan fingerprint density at radius 2 is 1.83 bits per heavy atom. The molecule has 1 N–H and O–H groups in total. The molecule has 120 valence electrons. The molecule has 0 radical (unpaired) electrons. The summed E-state index contributed by atoms with van der Waals surface area (Å²) < 4.78 is 1.88. The third kappa shape index (κ3) is 2.12. The van der Waals surface area contributed by atoms with Crippen LogP contribution >= 0.6 is 0 Å². The van der Waals surface area contributed by atoms with Gasteiger partial charge in [0, 0.05) is 11.5 Å². The van der Waals surface area contributed by atoms with Gasteiger partial charge in [-0.25, -0.2) is 9.48 Å². The first-order chi connectivity index (χ1) is 10.9. The molecule has 2 aromatic rings. The van der Waals surface area contributed by atoms with Gasteiger partial charge < -0.3 is 5.11 Å². The number of hydrogen-bond donors (Lipinski definition) is 1. The Kier molecular flexibility index (Phi) is 2.96. The molecule has 2 atom stereocenters. The van der Waals surface area contributed by atoms with Gasteiger partial charge in [-0.3, -0.25) is 0 Å². The molecule has 1 aromatic carbocycles. The van der Waals surface area contributed by atoms with Crippen LogP contribution in [0.3, 0.4) is 0 Å². The third-order valence-corrected chi connectivity index (χ3v) is 5.37. The van der Waals surface area contributed by atoms with Gasteiger partial charge in [-0.1, -0.05) is 32.9 Å². The molecule has 1 saturated carbocycles. The lowest BCUT2D eigenvalue weighted by molar-refractivity contribution is 0.0688. The van der Waals surface area contributed by atoms with Gasteiger partial charge in [-0.05, 0) is 48.3 Å². The molecule has 2 unspecified atom stereocenters. The van der Waals surface area contributed by atoms with E-state index in [1.165, 1.54) is 5.56 Å². The molecule has 1 fully saturated rings. The van der Waals surface area contributed by atoms with Gasteiger partial charge in [0.25, 0.3) is 0 Å². The van der Waals surface area contributed by atoms with Crippen LogP contribution in [-0.2, 0) is 5.41 Å². The second-order valence-corrected chi connectivity index (χ2v) is 7.87. The van der Waals surface area contributed by atoms with Gasteiger partial charge in [0.2, 0.25) is 0 Å². The van der Waals surface area contributed by atoms with E-state index in [2.05, 4.69) is 50.1 Å². The Balaban J connectivity index is 1.83. The van der Waals surface area contributed by atoms with Crippen LogP contribution in [0.15, 0.2) is 24.3 Å². The van der Waals surface area contributed by atoms with Crippen molar-refractivity contribution in [2.75, 3.05) is 0 Å². The Labute approximate surface area is 136 Å². The number of carbonyl (C=O) groups is 1. The number of rotatable bonds is 2. The smallest absolute Gasteiger partial charge is 0.356 e. The first-order valence-corrected chi connectivity index (χ1v) is 8.33. The molecule has 2 aliphatic rings. The minimum atomic E-state index is -0.904. The number of hydrogen-bond acceptors (Lipinski definition) is 2. The minimum absolute atomic E-state index is 0.107. The summed E-state index contributed by atoms with van der Waals surface area (Å²) >= 11 is 0. The molecule has 0 aliphatic heterocycles. The van der Waals surface area contributed by atoms with E-state index < -0.39 is 5.97 Å². The van der Waals surface area contributed by atoms with Crippen LogP contribution in [0.5, 0.6) is 0 Å². The molecule has 1 aromatic heterocycles. The summed E-state index contributed by atoms with van der Waals surface area (Å²) in [7, 11) is 0. The molecule has 1 heterocycles. The maximum Gasteiger partial charge on any atom is 0.356 e. The summed E-state index contributed by atoms with van der Waals surface area (Å²) in [5, 5.41) is 14.0. The molecule has 2 aliphatic carbocycles. The fraction of sp³-hybridized carbons (Fsp3) is 0.474. The summed E-state index contributed by atoms with van der Waals surface area (Å²) in [6.45, 7) is 6.57. The molecule has 4 nitrogen and oxygen atoms in total. The van der Waals surface area contributed by atoms with Gasteiger partial charge in [-0.15, -0.1) is 0 Å². The van der Waals surface area contributed by atoms with Crippen LogP contribution < -0.4 is 0 Å². The predicted octanol–water partition coefficient (Wildman–Crippen LogP) is 4.23. The summed E-state index contributed by atoms with van der Waals surface area (Å²) in [6.07, 6.45) is 3.35. The van der Waals surface area contributed by atoms with Crippen molar-refractivity contribution in [3.05, 3.63) is 46.8 Å². The van der Waals surface area contributed by atoms with Gasteiger partial charge in [0.05, 0.1) is 11.4 Å². The van der Waals surface area contributed by atoms with Crippen molar-refractivity contribution >= 4 is 5.97 Å². The predicted molar refractivity (Wildman–Crippen MR) is 88.6 cm³/mol. The standard InChI is InChI=1S/C19H22N2O2/c1-19(2,3)13-6-8-14(9-7-13)21-17-12-5-4-11(10-12)15(17)16(20-21)18(22)23/h6-9,11-12H,4-5,10H2,1-3H3,(H,22,23). The van der Waals surface area contributed by atoms with E-state index in [-0.39, 0.29) is 11.1 Å². The molecule has 0 spiro atoms. The van der Waals surface area contributed by atoms with Crippen LogP contribution in [0.25, 0.3) is 5.69 Å². The van der Waals surface area contributed by atoms with E-state index in [4.69, 9.17) is 0 Å². The Hall–Kier alpha value is -2.10. The zero-order valence-electron chi connectivity index (χ0n) is 13.8. The Morgan fingerprint density at radius 3 is 2.43 bits per heavy atom. The van der Waals surface area contributed by atoms with Crippen LogP contribution in [0.4, 0.5) is 0 Å². The first-order valence-electron chi connectivity index (χ1n) is 8.33. The number of aromatic nitrogens is 2. The highest BCUT2D eigenvalue weighted by atomic mass is 16.4. The first kappa shape index (κ1) is 14.5. The molecule has 4 rings (SSSR count). The lowest BCUT2D eigenvalue weighted by atomic mass is 9.87. The topological polar surface area (TPSA) is 55.1 Å². The van der Waals surface area contributed by atoms with E-state index in [0.29, 0.717) is 11.8 Å². The molecule has 2 bridgehead atoms. The van der Waals surface area contributed by atoms with Crippen molar-refractivity contribution in [3.63, 3.8) is 0 Å². The maximum absolute atomic E-state index is 11.6. The van der Waals surface area contributed by atoms with Crippen LogP contribution in [0.1, 0.15) is 79.2 Å². The molecular formula is C19H22N2O2. The van der Waals surface area contributed by atoms with Gasteiger partial charge in [0.1, 0.15) is 0 Å². The summed E-state index contributed by atoms with van der Waals surface area (Å²) in [5.41, 5.74) is 4.73. The van der Waals surface area contributed by atoms with E-state index >= 15 is 0 Å². The minimum Gasteiger partial charge on any atom is -0.476 e. The van der Waals surface area contributed by atoms with Crippen molar-refractivity contribution in [1.82, 2.24) is 9.78 Å². The lowest BCUT2D eigenvalue weighted by Gasteiger charge is -2.20. The van der Waals surface area contributed by atoms with Crippen molar-refractivity contribution in [3.8, 4) is 5.69 Å². The number of carboxylic acids is 1. The average Bonchev–Trinajstić information content (AvgIpc) is 3.18. The van der Waals surface area contributed by atoms with Crippen LogP contribution in [0.2, 0.25) is 0 Å². The van der Waals surface area contributed by atoms with Crippen molar-refractivity contribution in [2.24, 2.45) is 0 Å². The highest BCUT2D eigenvalue weighted by Crippen LogP contribution is 2.54. The van der Waals surface area contributed by atoms with Crippen molar-refractivity contribution in [2.45, 2.75) is 57.3 Å². The van der Waals surface area contributed by atoms with Gasteiger partial charge in [0.15, 0.2) is 5.69 Å². The summed E-state index contributed by atoms with van der Waals surface area (Å²) in [6, 6.07) is 8.37. The van der Waals surface area contributed by atoms with E-state index in [1.54, 1.807) is 0 Å². The van der Waals surface area contributed by atoms with Crippen LogP contribution in [-0.4, -0.2) is 20.9 Å². The molecule has 0 saturated heterocycles. The fourth-order valence-corrected chi connectivity index (χ4v) is 4.19. The Bertz CT molecular complexity index is 781. The number of carboxylic acid groups (broad SMARTS) is 1. The highest BCUT2D eigenvalue weighted by molar-refractivity contribution is 5.88. The normalized spacial score (nSPS) is 22.4. The number of aromatic carboxylic acids is 1. The quantitative estimate of drug-likeness (QED) is 0.903. The molecule has 0 amide bonds. The summed E-state index contributed by atoms with van der Waals surface area (Å²) in [4.78, 5) is 11.6. The van der Waals surface area contributed by atoms with Crippen LogP contribution in [0, 0.1) is 0 Å². The lowest BCUT2D eigenvalue weighted by Crippen LogP contribution is -2.11. The van der Waals surface area contributed by atoms with E-state index in [0.717, 1.165) is 36.2 Å². The van der Waals surface area contributed by atoms with Gasteiger partial charge >= 0.3 is 5.97 Å². The largest absolute Gasteiger partial charge is 0.476 e. The zero-order valence-corrected chi connectivity index (χ0v) is 13.8. The monoisotopic (exact) mass is 310 g/mol. The second-order valence-electron chi connectivity index (χ2n) is 7.87. The molecule has 4 heteroatoms. The average molecular weight is 310 g/mol. The summed E-state index contributed by atoms with van der Waals surface area (Å²) in [5.74, 6) is -0.0412. The van der Waals surface area contributed by atoms with Gasteiger partial charge in [-0.2, -0.15) is 5.10 Å². The van der Waals surface area contributed by atoms with E-state index in [1.807, 2.05) is 4.68 Å². The molecular weight excluding hydrogens is 288 g/mol. The Morgan fingerprint density at radius 1 is 1.17 bits per heavy atom. The molecule has 23 heavy (non-hydrogen) atoms. The number of fused-ring (bicyclic) bond motifs is 5. The van der Waals surface area contributed by atoms with E-state index in [9.17, 15) is 9.90 Å². The second kappa shape index (κ2) is 4.70. The fourth-order valence-electron chi connectivity index (χ4n) is 4.19. The number of nitrogens with zero attached hydrogens (tertiary/aromatic N) is 2. The number of benzene rings is 1. The third-order valence-electron chi connectivity index (χ3n) is 5.37.